The monoisotopic (exact) mass is 399 g/mol. The summed E-state index contributed by atoms with van der Waals surface area (Å²) >= 11 is 0. The van der Waals surface area contributed by atoms with E-state index in [1.54, 1.807) is 4.90 Å². The Labute approximate surface area is 171 Å². The summed E-state index contributed by atoms with van der Waals surface area (Å²) in [5.74, 6) is -0.849. The number of piperidine rings is 1. The molecule has 1 N–H and O–H groups in total. The lowest BCUT2D eigenvalue weighted by Gasteiger charge is -2.45. The Bertz CT molecular complexity index is 799. The molecule has 2 saturated heterocycles. The van der Waals surface area contributed by atoms with Gasteiger partial charge in [-0.25, -0.2) is 4.79 Å². The van der Waals surface area contributed by atoms with Gasteiger partial charge >= 0.3 is 12.0 Å². The van der Waals surface area contributed by atoms with Gasteiger partial charge in [-0.05, 0) is 44.6 Å². The number of urea groups is 1. The molecule has 1 aliphatic carbocycles. The number of amides is 3. The summed E-state index contributed by atoms with van der Waals surface area (Å²) in [6.07, 6.45) is 3.70. The van der Waals surface area contributed by atoms with Crippen LogP contribution in [0.5, 0.6) is 0 Å². The van der Waals surface area contributed by atoms with Crippen molar-refractivity contribution in [3.63, 3.8) is 0 Å². The second kappa shape index (κ2) is 7.69. The van der Waals surface area contributed by atoms with Crippen molar-refractivity contribution < 1.29 is 19.5 Å². The Balaban J connectivity index is 1.52. The average Bonchev–Trinajstić information content (AvgIpc) is 3.38. The Morgan fingerprint density at radius 3 is 2.52 bits per heavy atom. The van der Waals surface area contributed by atoms with E-state index in [-0.39, 0.29) is 24.5 Å². The van der Waals surface area contributed by atoms with Crippen LogP contribution < -0.4 is 0 Å². The minimum absolute atomic E-state index is 0.0704. The van der Waals surface area contributed by atoms with E-state index in [9.17, 15) is 14.4 Å². The molecule has 0 radical (unpaired) electrons. The molecule has 1 aromatic carbocycles. The van der Waals surface area contributed by atoms with Gasteiger partial charge in [0.05, 0.1) is 0 Å². The summed E-state index contributed by atoms with van der Waals surface area (Å²) in [6, 6.07) is 10.4. The zero-order chi connectivity index (χ0) is 20.6. The minimum Gasteiger partial charge on any atom is -0.480 e. The highest BCUT2D eigenvalue weighted by Crippen LogP contribution is 2.46. The number of rotatable bonds is 5. The van der Waals surface area contributed by atoms with E-state index in [2.05, 4.69) is 12.1 Å². The van der Waals surface area contributed by atoms with Gasteiger partial charge in [0.2, 0.25) is 5.91 Å². The third-order valence-electron chi connectivity index (χ3n) is 6.72. The Morgan fingerprint density at radius 2 is 1.86 bits per heavy atom. The van der Waals surface area contributed by atoms with E-state index in [1.807, 2.05) is 30.0 Å². The maximum atomic E-state index is 13.5. The van der Waals surface area contributed by atoms with Gasteiger partial charge in [-0.15, -0.1) is 0 Å². The first kappa shape index (κ1) is 19.7. The van der Waals surface area contributed by atoms with Crippen molar-refractivity contribution in [2.45, 2.75) is 56.5 Å². The lowest BCUT2D eigenvalue weighted by molar-refractivity contribution is -0.152. The van der Waals surface area contributed by atoms with Crippen molar-refractivity contribution in [3.05, 3.63) is 35.9 Å². The molecule has 3 unspecified atom stereocenters. The van der Waals surface area contributed by atoms with Gasteiger partial charge in [0, 0.05) is 31.6 Å². The largest absolute Gasteiger partial charge is 0.480 e. The summed E-state index contributed by atoms with van der Waals surface area (Å²) in [5.41, 5.74) is 0.385. The fraction of sp³-hybridized carbons (Fsp3) is 0.591. The molecule has 0 bridgehead atoms. The summed E-state index contributed by atoms with van der Waals surface area (Å²) in [7, 11) is 0. The normalized spacial score (nSPS) is 28.7. The number of likely N-dealkylation sites (N-methyl/N-ethyl adjacent to an activating group) is 1. The zero-order valence-corrected chi connectivity index (χ0v) is 16.9. The molecule has 29 heavy (non-hydrogen) atoms. The topological polar surface area (TPSA) is 81.2 Å². The Morgan fingerprint density at radius 1 is 1.17 bits per heavy atom. The summed E-state index contributed by atoms with van der Waals surface area (Å²) < 4.78 is 0. The van der Waals surface area contributed by atoms with Gasteiger partial charge in [0.1, 0.15) is 12.1 Å². The molecule has 7 nitrogen and oxygen atoms in total. The maximum Gasteiger partial charge on any atom is 0.323 e. The fourth-order valence-corrected chi connectivity index (χ4v) is 5.27. The van der Waals surface area contributed by atoms with E-state index in [4.69, 9.17) is 5.11 Å². The van der Waals surface area contributed by atoms with Crippen LogP contribution in [0.2, 0.25) is 0 Å². The van der Waals surface area contributed by atoms with Gasteiger partial charge in [-0.3, -0.25) is 9.59 Å². The Kier molecular flexibility index (Phi) is 5.23. The van der Waals surface area contributed by atoms with Crippen LogP contribution in [0.1, 0.15) is 50.5 Å². The number of benzene rings is 1. The molecule has 2 aliphatic heterocycles. The number of aliphatic carboxylic acids is 1. The molecule has 0 aromatic heterocycles. The van der Waals surface area contributed by atoms with Gasteiger partial charge in [-0.2, -0.15) is 0 Å². The van der Waals surface area contributed by atoms with Crippen molar-refractivity contribution in [1.82, 2.24) is 14.7 Å². The fourth-order valence-electron chi connectivity index (χ4n) is 5.27. The highest BCUT2D eigenvalue weighted by molar-refractivity contribution is 5.94. The van der Waals surface area contributed by atoms with E-state index < -0.39 is 11.5 Å². The van der Waals surface area contributed by atoms with Crippen molar-refractivity contribution in [2.24, 2.45) is 0 Å². The van der Waals surface area contributed by atoms with E-state index >= 15 is 0 Å². The number of carboxylic acids is 1. The zero-order valence-electron chi connectivity index (χ0n) is 16.9. The first-order valence-corrected chi connectivity index (χ1v) is 10.6. The quantitative estimate of drug-likeness (QED) is 0.825. The minimum atomic E-state index is -1.01. The standard InChI is InChI=1S/C22H29N3O4/c1-2-24(18-14-17(18)16-8-4-3-5-9-16)21(29)25-13-7-11-22(25)10-6-12-23(20(22)28)15-19(26)27/h3-5,8-9,17-18H,2,6-7,10-15H2,1H3,(H,26,27). The first-order valence-electron chi connectivity index (χ1n) is 10.6. The van der Waals surface area contributed by atoms with Crippen LogP contribution in [0.3, 0.4) is 0 Å². The smallest absolute Gasteiger partial charge is 0.323 e. The second-order valence-electron chi connectivity index (χ2n) is 8.40. The number of carbonyl (C=O) groups excluding carboxylic acids is 2. The van der Waals surface area contributed by atoms with Crippen LogP contribution in [0.4, 0.5) is 4.79 Å². The highest BCUT2D eigenvalue weighted by atomic mass is 16.4. The number of likely N-dealkylation sites (tertiary alicyclic amines) is 2. The van der Waals surface area contributed by atoms with E-state index in [0.29, 0.717) is 38.4 Å². The number of carboxylic acid groups (broad SMARTS) is 1. The van der Waals surface area contributed by atoms with Crippen molar-refractivity contribution >= 4 is 17.9 Å². The average molecular weight is 399 g/mol. The van der Waals surface area contributed by atoms with Crippen LogP contribution >= 0.6 is 0 Å². The number of hydrogen-bond acceptors (Lipinski definition) is 3. The van der Waals surface area contributed by atoms with Gasteiger partial charge in [0.15, 0.2) is 0 Å². The molecule has 3 amide bonds. The van der Waals surface area contributed by atoms with Crippen LogP contribution in [-0.2, 0) is 9.59 Å². The maximum absolute atomic E-state index is 13.5. The molecule has 156 valence electrons. The van der Waals surface area contributed by atoms with Crippen LogP contribution in [0.15, 0.2) is 30.3 Å². The molecule has 1 aromatic rings. The van der Waals surface area contributed by atoms with Crippen molar-refractivity contribution in [3.8, 4) is 0 Å². The summed E-state index contributed by atoms with van der Waals surface area (Å²) in [6.45, 7) is 3.31. The molecule has 7 heteroatoms. The molecule has 3 atom stereocenters. The van der Waals surface area contributed by atoms with E-state index in [1.165, 1.54) is 10.5 Å². The van der Waals surface area contributed by atoms with Crippen LogP contribution in [-0.4, -0.2) is 75.5 Å². The molecular weight excluding hydrogens is 370 g/mol. The molecular formula is C22H29N3O4. The van der Waals surface area contributed by atoms with E-state index in [0.717, 1.165) is 19.3 Å². The lowest BCUT2D eigenvalue weighted by atomic mass is 9.85. The van der Waals surface area contributed by atoms with Crippen molar-refractivity contribution in [2.75, 3.05) is 26.2 Å². The SMILES string of the molecule is CCN(C(=O)N1CCCC12CCCN(CC(=O)O)C2=O)C1CC1c1ccccc1. The number of carbonyl (C=O) groups is 3. The number of hydrogen-bond donors (Lipinski definition) is 1. The molecule has 3 aliphatic rings. The molecule has 2 heterocycles. The third kappa shape index (κ3) is 3.47. The van der Waals surface area contributed by atoms with Gasteiger partial charge < -0.3 is 19.8 Å². The molecule has 1 spiro atoms. The number of nitrogens with zero attached hydrogens (tertiary/aromatic N) is 3. The second-order valence-corrected chi connectivity index (χ2v) is 8.40. The predicted molar refractivity (Wildman–Crippen MR) is 107 cm³/mol. The Hall–Kier alpha value is -2.57. The lowest BCUT2D eigenvalue weighted by Crippen LogP contribution is -2.63. The highest BCUT2D eigenvalue weighted by Gasteiger charge is 2.55. The van der Waals surface area contributed by atoms with Crippen LogP contribution in [0, 0.1) is 0 Å². The molecule has 1 saturated carbocycles. The van der Waals surface area contributed by atoms with Gasteiger partial charge in [-0.1, -0.05) is 30.3 Å². The van der Waals surface area contributed by atoms with Crippen molar-refractivity contribution in [1.29, 1.82) is 0 Å². The predicted octanol–water partition coefficient (Wildman–Crippen LogP) is 2.53. The third-order valence-corrected chi connectivity index (χ3v) is 6.72. The summed E-state index contributed by atoms with van der Waals surface area (Å²) in [5, 5.41) is 9.15. The van der Waals surface area contributed by atoms with Crippen LogP contribution in [0.25, 0.3) is 0 Å². The molecule has 4 rings (SSSR count). The molecule has 3 fully saturated rings. The first-order chi connectivity index (χ1) is 14.0. The summed E-state index contributed by atoms with van der Waals surface area (Å²) in [4.78, 5) is 43.0. The van der Waals surface area contributed by atoms with Gasteiger partial charge in [0.25, 0.3) is 0 Å².